The van der Waals surface area contributed by atoms with Gasteiger partial charge in [0.05, 0.1) is 10.8 Å². The predicted molar refractivity (Wildman–Crippen MR) is 81.5 cm³/mol. The van der Waals surface area contributed by atoms with Crippen LogP contribution in [0, 0.1) is 0 Å². The molecular weight excluding hydrogens is 467 g/mol. The second-order valence-electron chi connectivity index (χ2n) is 6.23. The van der Waals surface area contributed by atoms with E-state index < -0.39 is 88.7 Å². The summed E-state index contributed by atoms with van der Waals surface area (Å²) in [5.41, 5.74) is -9.14. The smallest absolute Gasteiger partial charge is 0.247 e. The number of allylic oxidation sites excluding steroid dienone is 5. The van der Waals surface area contributed by atoms with Crippen molar-refractivity contribution in [3.63, 3.8) is 0 Å². The summed E-state index contributed by atoms with van der Waals surface area (Å²) >= 11 is 0. The molecule has 2 aliphatic rings. The third-order valence-electron chi connectivity index (χ3n) is 4.34. The van der Waals surface area contributed by atoms with E-state index in [1.807, 2.05) is 0 Å². The van der Waals surface area contributed by atoms with Gasteiger partial charge in [0, 0.05) is 0 Å². The first-order valence-electron chi connectivity index (χ1n) is 7.73. The fraction of sp³-hybridized carbons (Fsp3) is 0.571. The first-order chi connectivity index (χ1) is 13.0. The molecule has 0 bridgehead atoms. The lowest BCUT2D eigenvalue weighted by Gasteiger charge is -2.27. The van der Waals surface area contributed by atoms with Crippen molar-refractivity contribution in [2.45, 2.75) is 48.8 Å². The number of halogens is 9. The summed E-state index contributed by atoms with van der Waals surface area (Å²) in [6.45, 7) is 0. The fourth-order valence-corrected chi connectivity index (χ4v) is 7.29. The third-order valence-corrected chi connectivity index (χ3v) is 9.05. The van der Waals surface area contributed by atoms with Crippen LogP contribution in [0.4, 0.5) is 39.5 Å². The van der Waals surface area contributed by atoms with Gasteiger partial charge in [-0.3, -0.25) is 0 Å². The van der Waals surface area contributed by atoms with Crippen LogP contribution in [0.5, 0.6) is 0 Å². The maximum Gasteiger partial charge on any atom is 0.502 e. The maximum atomic E-state index is 14.1. The van der Waals surface area contributed by atoms with E-state index in [1.165, 1.54) is 0 Å². The van der Waals surface area contributed by atoms with Crippen LogP contribution in [0.1, 0.15) is 25.7 Å². The Morgan fingerprint density at radius 2 is 1.41 bits per heavy atom. The average Bonchev–Trinajstić information content (AvgIpc) is 2.60. The summed E-state index contributed by atoms with van der Waals surface area (Å²) in [5, 5.41) is -2.17. The highest BCUT2D eigenvalue weighted by molar-refractivity contribution is 8.15. The normalized spacial score (nSPS) is 29.3. The average molecular weight is 478 g/mol. The van der Waals surface area contributed by atoms with Gasteiger partial charge < -0.3 is 0 Å². The van der Waals surface area contributed by atoms with Crippen LogP contribution in [0.2, 0.25) is 0 Å². The van der Waals surface area contributed by atoms with Gasteiger partial charge in [-0.15, -0.1) is 0 Å². The number of rotatable bonds is 3. The Morgan fingerprint density at radius 1 is 0.862 bits per heavy atom. The molecule has 29 heavy (non-hydrogen) atoms. The van der Waals surface area contributed by atoms with Gasteiger partial charge in [0.1, 0.15) is 6.17 Å². The second-order valence-corrected chi connectivity index (χ2v) is 10.5. The molecular formula is C14H11F9O4S2. The lowest BCUT2D eigenvalue weighted by Crippen LogP contribution is -2.38. The molecule has 2 rings (SSSR count). The van der Waals surface area contributed by atoms with Crippen LogP contribution in [-0.4, -0.2) is 39.9 Å². The highest BCUT2D eigenvalue weighted by atomic mass is 32.3. The van der Waals surface area contributed by atoms with Gasteiger partial charge in [0.15, 0.2) is 43.6 Å². The second kappa shape index (κ2) is 7.63. The molecule has 0 heterocycles. The van der Waals surface area contributed by atoms with Gasteiger partial charge in [-0.25, -0.2) is 43.2 Å². The fourth-order valence-electron chi connectivity index (χ4n) is 2.94. The predicted octanol–water partition coefficient (Wildman–Crippen LogP) is 4.48. The zero-order valence-electron chi connectivity index (χ0n) is 13.9. The maximum absolute atomic E-state index is 14.1. The third kappa shape index (κ3) is 3.94. The van der Waals surface area contributed by atoms with Gasteiger partial charge in [-0.05, 0) is 25.7 Å². The SMILES string of the molecule is O=S(=O)(/C(=C1/C(F)=C(F)C(F)=C(F)C1F)S(=O)(=O)C(F)(F)F)C1CCCC(F)C1. The molecule has 15 heteroatoms. The summed E-state index contributed by atoms with van der Waals surface area (Å²) in [7, 11) is -13.0. The van der Waals surface area contributed by atoms with Gasteiger partial charge in [0.2, 0.25) is 0 Å². The Kier molecular flexibility index (Phi) is 6.25. The lowest BCUT2D eigenvalue weighted by atomic mass is 9.98. The Morgan fingerprint density at radius 3 is 1.90 bits per heavy atom. The summed E-state index contributed by atoms with van der Waals surface area (Å²) in [5.74, 6) is -11.5. The van der Waals surface area contributed by atoms with Crippen molar-refractivity contribution in [2.24, 2.45) is 0 Å². The van der Waals surface area contributed by atoms with Crippen molar-refractivity contribution >= 4 is 19.7 Å². The standard InChI is InChI=1S/C14H11F9O4S2/c15-5-2-1-3-6(4-5)28(24,25)13(29(26,27)14(21,22)23)7-8(16)10(18)12(20)11(19)9(7)17/h5-6,8H,1-4H2/b13-7-. The van der Waals surface area contributed by atoms with Crippen molar-refractivity contribution in [1.29, 1.82) is 0 Å². The molecule has 0 N–H and O–H groups in total. The van der Waals surface area contributed by atoms with Crippen LogP contribution in [0.15, 0.2) is 33.1 Å². The zero-order valence-corrected chi connectivity index (χ0v) is 15.5. The molecule has 0 saturated heterocycles. The molecule has 3 unspecified atom stereocenters. The van der Waals surface area contributed by atoms with E-state index >= 15 is 0 Å². The number of hydrogen-bond acceptors (Lipinski definition) is 4. The molecule has 0 amide bonds. The van der Waals surface area contributed by atoms with Crippen LogP contribution in [0.25, 0.3) is 0 Å². The first-order valence-corrected chi connectivity index (χ1v) is 10.8. The Labute approximate surface area is 158 Å². The van der Waals surface area contributed by atoms with Crippen molar-refractivity contribution in [3.05, 3.63) is 33.1 Å². The summed E-state index contributed by atoms with van der Waals surface area (Å²) in [4.78, 5) is 0. The molecule has 0 spiro atoms. The van der Waals surface area contributed by atoms with Crippen molar-refractivity contribution in [3.8, 4) is 0 Å². The Bertz CT molecular complexity index is 1010. The van der Waals surface area contributed by atoms with Crippen molar-refractivity contribution in [2.75, 3.05) is 0 Å². The zero-order chi connectivity index (χ0) is 22.5. The van der Waals surface area contributed by atoms with Crippen LogP contribution in [-0.2, 0) is 19.7 Å². The lowest BCUT2D eigenvalue weighted by molar-refractivity contribution is -0.0425. The van der Waals surface area contributed by atoms with E-state index in [0.717, 1.165) is 0 Å². The Hall–Kier alpha value is -1.51. The van der Waals surface area contributed by atoms with Gasteiger partial charge >= 0.3 is 5.51 Å². The Balaban J connectivity index is 2.93. The molecule has 0 aliphatic heterocycles. The quantitative estimate of drug-likeness (QED) is 0.561. The highest BCUT2D eigenvalue weighted by Gasteiger charge is 2.57. The minimum absolute atomic E-state index is 0.207. The first kappa shape index (κ1) is 23.8. The molecule has 4 nitrogen and oxygen atoms in total. The van der Waals surface area contributed by atoms with E-state index in [-0.39, 0.29) is 12.8 Å². The molecule has 0 aromatic rings. The number of sulfone groups is 2. The van der Waals surface area contributed by atoms with Crippen molar-refractivity contribution < 1.29 is 56.3 Å². The molecule has 0 aromatic heterocycles. The van der Waals surface area contributed by atoms with E-state index in [4.69, 9.17) is 0 Å². The molecule has 2 aliphatic carbocycles. The summed E-state index contributed by atoms with van der Waals surface area (Å²) in [6, 6.07) is 0. The van der Waals surface area contributed by atoms with Crippen LogP contribution in [0.3, 0.4) is 0 Å². The van der Waals surface area contributed by atoms with Crippen LogP contribution < -0.4 is 0 Å². The summed E-state index contributed by atoms with van der Waals surface area (Å²) < 4.78 is 167. The molecule has 0 aromatic carbocycles. The topological polar surface area (TPSA) is 68.3 Å². The van der Waals surface area contributed by atoms with E-state index in [9.17, 15) is 56.3 Å². The molecule has 0 radical (unpaired) electrons. The summed E-state index contributed by atoms with van der Waals surface area (Å²) in [6.07, 6.45) is -7.91. The molecule has 1 fully saturated rings. The highest BCUT2D eigenvalue weighted by Crippen LogP contribution is 2.46. The van der Waals surface area contributed by atoms with Gasteiger partial charge in [-0.2, -0.15) is 13.2 Å². The number of hydrogen-bond donors (Lipinski definition) is 0. The van der Waals surface area contributed by atoms with Gasteiger partial charge in [-0.1, -0.05) is 0 Å². The molecule has 166 valence electrons. The van der Waals surface area contributed by atoms with Gasteiger partial charge in [0.25, 0.3) is 9.84 Å². The van der Waals surface area contributed by atoms with E-state index in [0.29, 0.717) is 0 Å². The van der Waals surface area contributed by atoms with Crippen LogP contribution >= 0.6 is 0 Å². The minimum atomic E-state index is -7.12. The van der Waals surface area contributed by atoms with Crippen molar-refractivity contribution in [1.82, 2.24) is 0 Å². The minimum Gasteiger partial charge on any atom is -0.247 e. The monoisotopic (exact) mass is 478 g/mol. The van der Waals surface area contributed by atoms with E-state index in [2.05, 4.69) is 0 Å². The number of alkyl halides is 5. The van der Waals surface area contributed by atoms with E-state index in [1.54, 1.807) is 0 Å². The molecule has 3 atom stereocenters. The largest absolute Gasteiger partial charge is 0.502 e. The molecule has 1 saturated carbocycles.